The molecular weight excluding hydrogens is 253 g/mol. The van der Waals surface area contributed by atoms with E-state index in [2.05, 4.69) is 14.7 Å². The van der Waals surface area contributed by atoms with E-state index in [1.807, 2.05) is 11.8 Å². The Morgan fingerprint density at radius 1 is 1.53 bits per heavy atom. The summed E-state index contributed by atoms with van der Waals surface area (Å²) in [7, 11) is 0. The van der Waals surface area contributed by atoms with Crippen LogP contribution in [0.3, 0.4) is 0 Å². The molecule has 1 aliphatic rings. The van der Waals surface area contributed by atoms with Crippen molar-refractivity contribution >= 4 is 16.7 Å². The summed E-state index contributed by atoms with van der Waals surface area (Å²) in [5.41, 5.74) is 0. The number of rotatable bonds is 2. The molecule has 0 aromatic carbocycles. The fourth-order valence-corrected chi connectivity index (χ4v) is 2.61. The lowest BCUT2D eigenvalue weighted by atomic mass is 10.1. The lowest BCUT2D eigenvalue weighted by Crippen LogP contribution is -2.51. The molecule has 1 saturated heterocycles. The average molecular weight is 266 g/mol. The molecule has 1 aromatic rings. The Hall–Kier alpha value is -0.890. The highest BCUT2D eigenvalue weighted by Crippen LogP contribution is 2.31. The van der Waals surface area contributed by atoms with Crippen molar-refractivity contribution < 1.29 is 13.2 Å². The second kappa shape index (κ2) is 4.77. The molecule has 1 unspecified atom stereocenters. The largest absolute Gasteiger partial charge is 0.452 e. The summed E-state index contributed by atoms with van der Waals surface area (Å²) >= 11 is 0.819. The van der Waals surface area contributed by atoms with Gasteiger partial charge < -0.3 is 10.2 Å². The fraction of sp³-hybridized carbons (Fsp3) is 0.778. The molecule has 0 radical (unpaired) electrons. The zero-order valence-corrected chi connectivity index (χ0v) is 10.1. The number of aromatic nitrogens is 2. The smallest absolute Gasteiger partial charge is 0.341 e. The molecule has 1 fully saturated rings. The zero-order chi connectivity index (χ0) is 12.5. The van der Waals surface area contributed by atoms with Gasteiger partial charge in [-0.2, -0.15) is 22.5 Å². The van der Waals surface area contributed by atoms with Crippen LogP contribution in [0, 0.1) is 0 Å². The molecule has 4 nitrogen and oxygen atoms in total. The molecule has 2 rings (SSSR count). The maximum Gasteiger partial charge on any atom is 0.452 e. The van der Waals surface area contributed by atoms with Gasteiger partial charge in [0.15, 0.2) is 0 Å². The molecule has 0 spiro atoms. The minimum Gasteiger partial charge on any atom is -0.341 e. The topological polar surface area (TPSA) is 41.0 Å². The minimum atomic E-state index is -4.45. The zero-order valence-electron chi connectivity index (χ0n) is 9.29. The van der Waals surface area contributed by atoms with Gasteiger partial charge in [0.05, 0.1) is 0 Å². The molecule has 17 heavy (non-hydrogen) atoms. The molecule has 0 aliphatic carbocycles. The van der Waals surface area contributed by atoms with Gasteiger partial charge in [0.25, 0.3) is 0 Å². The highest BCUT2D eigenvalue weighted by Gasteiger charge is 2.37. The maximum atomic E-state index is 12.4. The monoisotopic (exact) mass is 266 g/mol. The number of nitrogens with zero attached hydrogens (tertiary/aromatic N) is 3. The van der Waals surface area contributed by atoms with Crippen molar-refractivity contribution in [1.82, 2.24) is 14.7 Å². The Kier molecular flexibility index (Phi) is 3.53. The summed E-state index contributed by atoms with van der Waals surface area (Å²) in [6, 6.07) is 0.192. The predicted octanol–water partition coefficient (Wildman–Crippen LogP) is 1.75. The molecule has 0 bridgehead atoms. The first kappa shape index (κ1) is 12.6. The normalized spacial score (nSPS) is 21.9. The van der Waals surface area contributed by atoms with Crippen molar-refractivity contribution in [3.63, 3.8) is 0 Å². The maximum absolute atomic E-state index is 12.4. The van der Waals surface area contributed by atoms with Crippen LogP contribution in [0.15, 0.2) is 0 Å². The highest BCUT2D eigenvalue weighted by molar-refractivity contribution is 7.09. The number of hydrogen-bond donors (Lipinski definition) is 1. The number of piperazine rings is 1. The van der Waals surface area contributed by atoms with Crippen LogP contribution in [0.25, 0.3) is 0 Å². The predicted molar refractivity (Wildman–Crippen MR) is 59.2 cm³/mol. The molecule has 0 amide bonds. The Morgan fingerprint density at radius 2 is 2.29 bits per heavy atom. The molecule has 1 atom stereocenters. The van der Waals surface area contributed by atoms with Gasteiger partial charge >= 0.3 is 6.18 Å². The van der Waals surface area contributed by atoms with E-state index in [0.717, 1.165) is 31.0 Å². The average Bonchev–Trinajstić information content (AvgIpc) is 2.77. The third-order valence-electron chi connectivity index (χ3n) is 2.74. The molecule has 1 aromatic heterocycles. The van der Waals surface area contributed by atoms with Crippen LogP contribution in [0.4, 0.5) is 18.3 Å². The number of halogens is 3. The van der Waals surface area contributed by atoms with E-state index in [-0.39, 0.29) is 6.04 Å². The third-order valence-corrected chi connectivity index (χ3v) is 3.49. The number of alkyl halides is 3. The first-order chi connectivity index (χ1) is 8.02. The lowest BCUT2D eigenvalue weighted by Gasteiger charge is -2.35. The van der Waals surface area contributed by atoms with Crippen molar-refractivity contribution in [3.05, 3.63) is 5.82 Å². The lowest BCUT2D eigenvalue weighted by molar-refractivity contribution is -0.144. The number of nitrogens with one attached hydrogen (secondary N) is 1. The Morgan fingerprint density at radius 3 is 2.88 bits per heavy atom. The Bertz CT molecular complexity index is 379. The van der Waals surface area contributed by atoms with Crippen molar-refractivity contribution in [2.45, 2.75) is 25.6 Å². The van der Waals surface area contributed by atoms with Crippen LogP contribution in [-0.4, -0.2) is 35.0 Å². The summed E-state index contributed by atoms with van der Waals surface area (Å²) in [6.07, 6.45) is -3.58. The molecule has 1 N–H and O–H groups in total. The standard InChI is InChI=1S/C9H13F3N4S/c1-2-6-5-13-3-4-16(6)8-14-7(15-17-8)9(10,11)12/h6,13H,2-5H2,1H3. The first-order valence-corrected chi connectivity index (χ1v) is 6.18. The van der Waals surface area contributed by atoms with Crippen LogP contribution >= 0.6 is 11.5 Å². The van der Waals surface area contributed by atoms with Gasteiger partial charge in [-0.05, 0) is 6.42 Å². The minimum absolute atomic E-state index is 0.192. The van der Waals surface area contributed by atoms with Crippen LogP contribution in [-0.2, 0) is 6.18 Å². The molecule has 2 heterocycles. The quantitative estimate of drug-likeness (QED) is 0.885. The molecular formula is C9H13F3N4S. The molecule has 0 saturated carbocycles. The van der Waals surface area contributed by atoms with Crippen LogP contribution < -0.4 is 10.2 Å². The van der Waals surface area contributed by atoms with Gasteiger partial charge in [-0.25, -0.2) is 0 Å². The number of anilines is 1. The molecule has 8 heteroatoms. The van der Waals surface area contributed by atoms with Gasteiger partial charge in [0, 0.05) is 37.2 Å². The Balaban J connectivity index is 2.18. The van der Waals surface area contributed by atoms with Gasteiger partial charge in [-0.3, -0.25) is 0 Å². The van der Waals surface area contributed by atoms with E-state index in [1.54, 1.807) is 0 Å². The van der Waals surface area contributed by atoms with Gasteiger partial charge in [0.1, 0.15) is 0 Å². The Labute approximate surface area is 101 Å². The van der Waals surface area contributed by atoms with Crippen molar-refractivity contribution in [1.29, 1.82) is 0 Å². The van der Waals surface area contributed by atoms with Gasteiger partial charge in [0.2, 0.25) is 11.0 Å². The summed E-state index contributed by atoms with van der Waals surface area (Å²) in [6.45, 7) is 4.22. The van der Waals surface area contributed by atoms with Crippen molar-refractivity contribution in [2.75, 3.05) is 24.5 Å². The van der Waals surface area contributed by atoms with E-state index < -0.39 is 12.0 Å². The van der Waals surface area contributed by atoms with E-state index in [4.69, 9.17) is 0 Å². The van der Waals surface area contributed by atoms with Crippen LogP contribution in [0.5, 0.6) is 0 Å². The summed E-state index contributed by atoms with van der Waals surface area (Å²) in [5, 5.41) is 3.58. The first-order valence-electron chi connectivity index (χ1n) is 5.40. The van der Waals surface area contributed by atoms with Crippen LogP contribution in [0.1, 0.15) is 19.2 Å². The molecule has 96 valence electrons. The second-order valence-corrected chi connectivity index (χ2v) is 4.59. The van der Waals surface area contributed by atoms with Crippen LogP contribution in [0.2, 0.25) is 0 Å². The third kappa shape index (κ3) is 2.68. The fourth-order valence-electron chi connectivity index (χ4n) is 1.82. The van der Waals surface area contributed by atoms with Crippen molar-refractivity contribution in [2.24, 2.45) is 0 Å². The van der Waals surface area contributed by atoms with E-state index in [0.29, 0.717) is 11.7 Å². The summed E-state index contributed by atoms with van der Waals surface area (Å²) in [4.78, 5) is 5.49. The molecule has 1 aliphatic heterocycles. The SMILES string of the molecule is CCC1CNCCN1c1nc(C(F)(F)F)ns1. The van der Waals surface area contributed by atoms with E-state index >= 15 is 0 Å². The van der Waals surface area contributed by atoms with Gasteiger partial charge in [-0.15, -0.1) is 0 Å². The van der Waals surface area contributed by atoms with Crippen molar-refractivity contribution in [3.8, 4) is 0 Å². The summed E-state index contributed by atoms with van der Waals surface area (Å²) < 4.78 is 40.6. The highest BCUT2D eigenvalue weighted by atomic mass is 32.1. The summed E-state index contributed by atoms with van der Waals surface area (Å²) in [5.74, 6) is -1.04. The van der Waals surface area contributed by atoms with E-state index in [1.165, 1.54) is 0 Å². The number of hydrogen-bond acceptors (Lipinski definition) is 5. The van der Waals surface area contributed by atoms with Gasteiger partial charge in [-0.1, -0.05) is 6.92 Å². The van der Waals surface area contributed by atoms with E-state index in [9.17, 15) is 13.2 Å². The second-order valence-electron chi connectivity index (χ2n) is 3.86.